The van der Waals surface area contributed by atoms with Crippen molar-refractivity contribution >= 4 is 11.8 Å². The van der Waals surface area contributed by atoms with Crippen LogP contribution in [0.1, 0.15) is 21.5 Å². The molecule has 21 heavy (non-hydrogen) atoms. The molecule has 0 bridgehead atoms. The van der Waals surface area contributed by atoms with Crippen LogP contribution in [-0.4, -0.2) is 22.8 Å². The molecule has 108 valence electrons. The first kappa shape index (κ1) is 14.7. The Morgan fingerprint density at radius 3 is 2.57 bits per heavy atom. The zero-order chi connectivity index (χ0) is 15.2. The predicted octanol–water partition coefficient (Wildman–Crippen LogP) is 1.22. The number of aromatic nitrogens is 1. The van der Waals surface area contributed by atoms with Crippen LogP contribution in [0, 0.1) is 6.92 Å². The molecule has 1 atom stereocenters. The Bertz CT molecular complexity index is 641. The lowest BCUT2D eigenvalue weighted by Gasteiger charge is -2.16. The molecule has 0 spiro atoms. The molecule has 3 N–H and O–H groups in total. The number of carbonyl (C=O) groups excluding carboxylic acids is 2. The van der Waals surface area contributed by atoms with Crippen molar-refractivity contribution < 1.29 is 9.59 Å². The molecule has 5 heteroatoms. The number of pyridine rings is 1. The molecule has 0 saturated carbocycles. The quantitative estimate of drug-likeness (QED) is 0.865. The van der Waals surface area contributed by atoms with Crippen molar-refractivity contribution in [1.29, 1.82) is 0 Å². The Labute approximate surface area is 123 Å². The highest BCUT2D eigenvalue weighted by Gasteiger charge is 2.19. The topological polar surface area (TPSA) is 85.1 Å². The monoisotopic (exact) mass is 283 g/mol. The van der Waals surface area contributed by atoms with Gasteiger partial charge in [-0.15, -0.1) is 0 Å². The van der Waals surface area contributed by atoms with Crippen molar-refractivity contribution in [1.82, 2.24) is 10.3 Å². The van der Waals surface area contributed by atoms with Gasteiger partial charge in [0.05, 0.1) is 0 Å². The minimum Gasteiger partial charge on any atom is -0.368 e. The van der Waals surface area contributed by atoms with Crippen LogP contribution in [0.2, 0.25) is 0 Å². The van der Waals surface area contributed by atoms with Crippen LogP contribution < -0.4 is 11.1 Å². The number of hydrogen-bond donors (Lipinski definition) is 2. The van der Waals surface area contributed by atoms with Gasteiger partial charge in [0.25, 0.3) is 5.91 Å². The lowest BCUT2D eigenvalue weighted by molar-refractivity contribution is -0.119. The van der Waals surface area contributed by atoms with E-state index in [0.29, 0.717) is 12.0 Å². The number of primary amides is 1. The van der Waals surface area contributed by atoms with E-state index < -0.39 is 11.9 Å². The van der Waals surface area contributed by atoms with Gasteiger partial charge in [0.1, 0.15) is 6.04 Å². The van der Waals surface area contributed by atoms with Gasteiger partial charge in [-0.25, -0.2) is 0 Å². The lowest BCUT2D eigenvalue weighted by Crippen LogP contribution is -2.45. The zero-order valence-electron chi connectivity index (χ0n) is 11.7. The fourth-order valence-electron chi connectivity index (χ4n) is 2.04. The molecule has 1 aromatic carbocycles. The molecule has 5 nitrogen and oxygen atoms in total. The Hall–Kier alpha value is -2.69. The fraction of sp³-hybridized carbons (Fsp3) is 0.188. The van der Waals surface area contributed by atoms with Crippen molar-refractivity contribution in [3.63, 3.8) is 0 Å². The van der Waals surface area contributed by atoms with Crippen LogP contribution >= 0.6 is 0 Å². The van der Waals surface area contributed by atoms with E-state index in [0.717, 1.165) is 11.1 Å². The Morgan fingerprint density at radius 2 is 1.95 bits per heavy atom. The van der Waals surface area contributed by atoms with Crippen LogP contribution in [0.25, 0.3) is 0 Å². The van der Waals surface area contributed by atoms with Gasteiger partial charge in [-0.3, -0.25) is 14.6 Å². The third kappa shape index (κ3) is 4.14. The number of nitrogens with two attached hydrogens (primary N) is 1. The fourth-order valence-corrected chi connectivity index (χ4v) is 2.04. The third-order valence-electron chi connectivity index (χ3n) is 3.11. The summed E-state index contributed by atoms with van der Waals surface area (Å²) in [7, 11) is 0. The Kier molecular flexibility index (Phi) is 4.66. The maximum Gasteiger partial charge on any atom is 0.252 e. The summed E-state index contributed by atoms with van der Waals surface area (Å²) in [6, 6.07) is 10.2. The summed E-state index contributed by atoms with van der Waals surface area (Å²) >= 11 is 0. The van der Waals surface area contributed by atoms with Gasteiger partial charge in [0.2, 0.25) is 5.91 Å². The van der Waals surface area contributed by atoms with E-state index in [9.17, 15) is 9.59 Å². The first-order valence-corrected chi connectivity index (χ1v) is 6.62. The number of aryl methyl sites for hydroxylation is 1. The SMILES string of the molecule is Cc1cccc(C[C@@H](NC(=O)c2ccncc2)C(N)=O)c1. The smallest absolute Gasteiger partial charge is 0.252 e. The van der Waals surface area contributed by atoms with Gasteiger partial charge in [-0.2, -0.15) is 0 Å². The van der Waals surface area contributed by atoms with E-state index in [-0.39, 0.29) is 5.91 Å². The van der Waals surface area contributed by atoms with Crippen LogP contribution in [0.3, 0.4) is 0 Å². The number of nitrogens with zero attached hydrogens (tertiary/aromatic N) is 1. The number of carbonyl (C=O) groups is 2. The maximum atomic E-state index is 12.1. The second-order valence-electron chi connectivity index (χ2n) is 4.86. The van der Waals surface area contributed by atoms with Gasteiger partial charge in [-0.1, -0.05) is 29.8 Å². The standard InChI is InChI=1S/C16H17N3O2/c1-11-3-2-4-12(9-11)10-14(15(17)20)19-16(21)13-5-7-18-8-6-13/h2-9,14H,10H2,1H3,(H2,17,20)(H,19,21)/t14-/m1/s1. The highest BCUT2D eigenvalue weighted by molar-refractivity contribution is 5.97. The third-order valence-corrected chi connectivity index (χ3v) is 3.11. The van der Waals surface area contributed by atoms with E-state index >= 15 is 0 Å². The molecule has 2 rings (SSSR count). The van der Waals surface area contributed by atoms with Crippen molar-refractivity contribution in [2.75, 3.05) is 0 Å². The summed E-state index contributed by atoms with van der Waals surface area (Å²) in [5.74, 6) is -0.896. The summed E-state index contributed by atoms with van der Waals surface area (Å²) in [4.78, 5) is 27.5. The van der Waals surface area contributed by atoms with Gasteiger partial charge in [-0.05, 0) is 24.6 Å². The first-order chi connectivity index (χ1) is 10.1. The van der Waals surface area contributed by atoms with Crippen LogP contribution in [0.15, 0.2) is 48.8 Å². The number of nitrogens with one attached hydrogen (secondary N) is 1. The summed E-state index contributed by atoms with van der Waals surface area (Å²) in [5, 5.41) is 2.66. The highest BCUT2D eigenvalue weighted by Crippen LogP contribution is 2.07. The molecule has 2 aromatic rings. The van der Waals surface area contributed by atoms with Gasteiger partial charge >= 0.3 is 0 Å². The van der Waals surface area contributed by atoms with Crippen LogP contribution in [0.4, 0.5) is 0 Å². The van der Waals surface area contributed by atoms with E-state index in [2.05, 4.69) is 10.3 Å². The normalized spacial score (nSPS) is 11.7. The minimum absolute atomic E-state index is 0.339. The highest BCUT2D eigenvalue weighted by atomic mass is 16.2. The number of benzene rings is 1. The molecule has 0 radical (unpaired) electrons. The van der Waals surface area contributed by atoms with E-state index in [1.54, 1.807) is 12.1 Å². The molecule has 0 saturated heterocycles. The summed E-state index contributed by atoms with van der Waals surface area (Å²) in [5.41, 5.74) is 7.87. The molecule has 0 fully saturated rings. The predicted molar refractivity (Wildman–Crippen MR) is 79.6 cm³/mol. The summed E-state index contributed by atoms with van der Waals surface area (Å²) < 4.78 is 0. The molecule has 1 aromatic heterocycles. The second kappa shape index (κ2) is 6.65. The molecular formula is C16H17N3O2. The molecule has 1 heterocycles. The Balaban J connectivity index is 2.09. The minimum atomic E-state index is -0.743. The maximum absolute atomic E-state index is 12.1. The summed E-state index contributed by atoms with van der Waals surface area (Å²) in [6.45, 7) is 1.97. The first-order valence-electron chi connectivity index (χ1n) is 6.62. The Morgan fingerprint density at radius 1 is 1.24 bits per heavy atom. The second-order valence-corrected chi connectivity index (χ2v) is 4.86. The van der Waals surface area contributed by atoms with Crippen molar-refractivity contribution in [2.45, 2.75) is 19.4 Å². The van der Waals surface area contributed by atoms with Gasteiger partial charge < -0.3 is 11.1 Å². The average Bonchev–Trinajstić information content (AvgIpc) is 2.47. The van der Waals surface area contributed by atoms with Crippen molar-refractivity contribution in [2.24, 2.45) is 5.73 Å². The lowest BCUT2D eigenvalue weighted by atomic mass is 10.0. The average molecular weight is 283 g/mol. The van der Waals surface area contributed by atoms with Crippen molar-refractivity contribution in [3.8, 4) is 0 Å². The van der Waals surface area contributed by atoms with Crippen LogP contribution in [-0.2, 0) is 11.2 Å². The number of rotatable bonds is 5. The summed E-state index contributed by atoms with van der Waals surface area (Å²) in [6.07, 6.45) is 3.41. The van der Waals surface area contributed by atoms with E-state index in [4.69, 9.17) is 5.73 Å². The molecule has 2 amide bonds. The molecular weight excluding hydrogens is 266 g/mol. The van der Waals surface area contributed by atoms with E-state index in [1.807, 2.05) is 31.2 Å². The van der Waals surface area contributed by atoms with E-state index in [1.165, 1.54) is 12.4 Å². The van der Waals surface area contributed by atoms with Gasteiger partial charge in [0, 0.05) is 24.4 Å². The number of hydrogen-bond acceptors (Lipinski definition) is 3. The molecule has 0 aliphatic rings. The number of amides is 2. The van der Waals surface area contributed by atoms with Crippen LogP contribution in [0.5, 0.6) is 0 Å². The molecule has 0 aliphatic carbocycles. The molecule has 0 aliphatic heterocycles. The largest absolute Gasteiger partial charge is 0.368 e. The van der Waals surface area contributed by atoms with Crippen molar-refractivity contribution in [3.05, 3.63) is 65.5 Å². The zero-order valence-corrected chi connectivity index (χ0v) is 11.7. The van der Waals surface area contributed by atoms with Gasteiger partial charge in [0.15, 0.2) is 0 Å². The molecule has 0 unspecified atom stereocenters.